The Hall–Kier alpha value is -4.71. The Morgan fingerprint density at radius 3 is 2.44 bits per heavy atom. The zero-order chi connectivity index (χ0) is 32.2. The third kappa shape index (κ3) is 5.33. The topological polar surface area (TPSA) is 105 Å². The Morgan fingerprint density at radius 1 is 1.04 bits per heavy atom. The number of halogens is 2. The van der Waals surface area contributed by atoms with E-state index in [1.807, 2.05) is 0 Å². The number of carbonyl (C=O) groups is 2. The number of aryl methyl sites for hydroxylation is 1. The molecule has 5 aromatic rings. The Bertz CT molecular complexity index is 2090. The molecular weight excluding hydrogens is 602 g/mol. The maximum Gasteiger partial charge on any atom is 0.270 e. The summed E-state index contributed by atoms with van der Waals surface area (Å²) in [6.45, 7) is 0.750. The van der Waals surface area contributed by atoms with E-state index in [9.17, 15) is 26.8 Å². The van der Waals surface area contributed by atoms with E-state index in [4.69, 9.17) is 4.42 Å². The fourth-order valence-corrected chi connectivity index (χ4v) is 6.70. The molecule has 0 aliphatic carbocycles. The van der Waals surface area contributed by atoms with Crippen LogP contribution in [0.15, 0.2) is 65.1 Å². The van der Waals surface area contributed by atoms with Crippen LogP contribution in [0.5, 0.6) is 0 Å². The minimum absolute atomic E-state index is 0.220. The van der Waals surface area contributed by atoms with E-state index in [1.54, 1.807) is 46.8 Å². The lowest BCUT2D eigenvalue weighted by molar-refractivity contribution is 0.0698. The molecule has 45 heavy (non-hydrogen) atoms. The first-order valence-electron chi connectivity index (χ1n) is 14.4. The fourth-order valence-electron chi connectivity index (χ4n) is 6.19. The van der Waals surface area contributed by atoms with E-state index < -0.39 is 27.6 Å². The molecule has 9 nitrogen and oxygen atoms in total. The van der Waals surface area contributed by atoms with Crippen molar-refractivity contribution in [2.45, 2.75) is 18.8 Å². The van der Waals surface area contributed by atoms with Crippen molar-refractivity contribution in [1.29, 1.82) is 0 Å². The molecular formula is C33H32F2N4O5S. The van der Waals surface area contributed by atoms with E-state index in [0.717, 1.165) is 10.6 Å². The largest absolute Gasteiger partial charge is 0.455 e. The molecule has 0 bridgehead atoms. The van der Waals surface area contributed by atoms with E-state index in [0.29, 0.717) is 58.2 Å². The first-order valence-corrected chi connectivity index (χ1v) is 16.3. The monoisotopic (exact) mass is 634 g/mol. The summed E-state index contributed by atoms with van der Waals surface area (Å²) < 4.78 is 62.8. The summed E-state index contributed by atoms with van der Waals surface area (Å²) in [4.78, 5) is 28.7. The first kappa shape index (κ1) is 30.3. The van der Waals surface area contributed by atoms with Gasteiger partial charge in [0.2, 0.25) is 10.0 Å². The molecule has 0 radical (unpaired) electrons. The second-order valence-corrected chi connectivity index (χ2v) is 13.4. The van der Waals surface area contributed by atoms with Crippen molar-refractivity contribution in [2.75, 3.05) is 37.7 Å². The van der Waals surface area contributed by atoms with Crippen LogP contribution in [-0.4, -0.2) is 63.1 Å². The Morgan fingerprint density at radius 2 is 1.78 bits per heavy atom. The molecule has 1 aliphatic heterocycles. The third-order valence-electron chi connectivity index (χ3n) is 8.64. The van der Waals surface area contributed by atoms with Crippen LogP contribution in [0.1, 0.15) is 45.2 Å². The number of nitrogens with zero attached hydrogens (tertiary/aromatic N) is 3. The molecule has 1 aliphatic rings. The Labute approximate surface area is 259 Å². The van der Waals surface area contributed by atoms with E-state index in [2.05, 4.69) is 5.32 Å². The minimum Gasteiger partial charge on any atom is -0.455 e. The van der Waals surface area contributed by atoms with Gasteiger partial charge >= 0.3 is 0 Å². The van der Waals surface area contributed by atoms with Crippen LogP contribution < -0.4 is 9.62 Å². The Balaban J connectivity index is 1.47. The van der Waals surface area contributed by atoms with Gasteiger partial charge in [0.15, 0.2) is 0 Å². The molecule has 1 atom stereocenters. The molecule has 0 saturated carbocycles. The number of sulfonamides is 1. The number of carbonyl (C=O) groups excluding carboxylic acids is 2. The number of fused-ring (bicyclic) bond motifs is 2. The second kappa shape index (κ2) is 11.3. The molecule has 1 saturated heterocycles. The molecule has 2 aromatic heterocycles. The van der Waals surface area contributed by atoms with Gasteiger partial charge in [0.05, 0.1) is 23.0 Å². The van der Waals surface area contributed by atoms with Crippen molar-refractivity contribution in [3.05, 3.63) is 89.1 Å². The highest BCUT2D eigenvalue weighted by atomic mass is 32.2. The smallest absolute Gasteiger partial charge is 0.270 e. The zero-order valence-electron chi connectivity index (χ0n) is 25.2. The average molecular weight is 635 g/mol. The molecule has 0 spiro atoms. The number of likely N-dealkylation sites (tertiary alicyclic amines) is 1. The number of piperidine rings is 1. The van der Waals surface area contributed by atoms with Gasteiger partial charge in [-0.2, -0.15) is 0 Å². The Kier molecular flexibility index (Phi) is 7.64. The molecule has 3 heterocycles. The summed E-state index contributed by atoms with van der Waals surface area (Å²) in [5.74, 6) is -1.61. The number of anilines is 1. The van der Waals surface area contributed by atoms with Crippen LogP contribution in [0.2, 0.25) is 0 Å². The quantitative estimate of drug-likeness (QED) is 0.260. The SMILES string of the molecule is CNC(=O)c1c(-c2ccc(F)cc2)oc2cc(N(C)S(C)(=O)=O)c([C@@H]3CCCN(C(=O)c4cc5c(F)cccc5n4C)C3)cc12. The highest BCUT2D eigenvalue weighted by Gasteiger charge is 2.32. The number of amides is 2. The number of furan rings is 1. The molecule has 2 amide bonds. The highest BCUT2D eigenvalue weighted by molar-refractivity contribution is 7.92. The van der Waals surface area contributed by atoms with Crippen LogP contribution in [0.25, 0.3) is 33.2 Å². The van der Waals surface area contributed by atoms with Crippen molar-refractivity contribution < 1.29 is 31.2 Å². The first-order chi connectivity index (χ1) is 21.4. The molecule has 12 heteroatoms. The van der Waals surface area contributed by atoms with Gasteiger partial charge in [-0.15, -0.1) is 0 Å². The van der Waals surface area contributed by atoms with Gasteiger partial charge in [0.1, 0.15) is 28.7 Å². The molecule has 234 valence electrons. The van der Waals surface area contributed by atoms with E-state index >= 15 is 0 Å². The van der Waals surface area contributed by atoms with Crippen molar-refractivity contribution in [2.24, 2.45) is 7.05 Å². The summed E-state index contributed by atoms with van der Waals surface area (Å²) in [6.07, 6.45) is 2.39. The average Bonchev–Trinajstić information content (AvgIpc) is 3.57. The van der Waals surface area contributed by atoms with Crippen molar-refractivity contribution >= 4 is 49.4 Å². The van der Waals surface area contributed by atoms with Crippen molar-refractivity contribution in [3.63, 3.8) is 0 Å². The molecule has 1 N–H and O–H groups in total. The second-order valence-electron chi connectivity index (χ2n) is 11.4. The predicted molar refractivity (Wildman–Crippen MR) is 169 cm³/mol. The van der Waals surface area contributed by atoms with Crippen LogP contribution in [0, 0.1) is 11.6 Å². The normalized spacial score (nSPS) is 15.5. The summed E-state index contributed by atoms with van der Waals surface area (Å²) in [7, 11) is 0.946. The number of hydrogen-bond acceptors (Lipinski definition) is 5. The van der Waals surface area contributed by atoms with Crippen LogP contribution in [-0.2, 0) is 17.1 Å². The van der Waals surface area contributed by atoms with Gasteiger partial charge in [-0.05, 0) is 66.9 Å². The number of benzene rings is 3. The highest BCUT2D eigenvalue weighted by Crippen LogP contribution is 2.42. The standard InChI is InChI=1S/C33H32F2N4O5S/c1-36-32(40)30-24-15-22(27(38(3)45(4,42)43)17-29(24)44-31(30)19-10-12-21(34)13-11-19)20-7-6-14-39(18-20)33(41)28-16-23-25(35)8-5-9-26(23)37(28)2/h5,8-13,15-17,20H,6-7,14,18H2,1-4H3,(H,36,40)/t20-/m1/s1. The summed E-state index contributed by atoms with van der Waals surface area (Å²) in [6, 6.07) is 15.2. The fraction of sp³-hybridized carbons (Fsp3) is 0.273. The van der Waals surface area contributed by atoms with Crippen LogP contribution in [0.3, 0.4) is 0 Å². The van der Waals surface area contributed by atoms with Gasteiger partial charge in [0.25, 0.3) is 11.8 Å². The number of nitrogens with one attached hydrogen (secondary N) is 1. The lowest BCUT2D eigenvalue weighted by Crippen LogP contribution is -2.40. The lowest BCUT2D eigenvalue weighted by atomic mass is 9.88. The van der Waals surface area contributed by atoms with Crippen molar-refractivity contribution in [3.8, 4) is 11.3 Å². The number of aromatic nitrogens is 1. The van der Waals surface area contributed by atoms with Gasteiger partial charge in [-0.25, -0.2) is 17.2 Å². The maximum atomic E-state index is 14.5. The summed E-state index contributed by atoms with van der Waals surface area (Å²) in [5, 5.41) is 3.46. The predicted octanol–water partition coefficient (Wildman–Crippen LogP) is 5.64. The molecule has 3 aromatic carbocycles. The number of hydrogen-bond donors (Lipinski definition) is 1. The van der Waals surface area contributed by atoms with Crippen LogP contribution >= 0.6 is 0 Å². The van der Waals surface area contributed by atoms with Gasteiger partial charge in [-0.1, -0.05) is 6.07 Å². The summed E-state index contributed by atoms with van der Waals surface area (Å²) >= 11 is 0. The molecule has 6 rings (SSSR count). The van der Waals surface area contributed by atoms with Gasteiger partial charge < -0.3 is 19.2 Å². The zero-order valence-corrected chi connectivity index (χ0v) is 26.0. The van der Waals surface area contributed by atoms with E-state index in [-0.39, 0.29) is 35.3 Å². The molecule has 0 unspecified atom stereocenters. The number of rotatable bonds is 6. The summed E-state index contributed by atoms with van der Waals surface area (Å²) in [5.41, 5.74) is 2.94. The van der Waals surface area contributed by atoms with Crippen LogP contribution in [0.4, 0.5) is 14.5 Å². The van der Waals surface area contributed by atoms with Gasteiger partial charge in [0, 0.05) is 62.6 Å². The lowest BCUT2D eigenvalue weighted by Gasteiger charge is -2.35. The van der Waals surface area contributed by atoms with Crippen molar-refractivity contribution in [1.82, 2.24) is 14.8 Å². The van der Waals surface area contributed by atoms with E-state index in [1.165, 1.54) is 44.4 Å². The maximum absolute atomic E-state index is 14.5. The van der Waals surface area contributed by atoms with Gasteiger partial charge in [-0.3, -0.25) is 13.9 Å². The minimum atomic E-state index is -3.71. The third-order valence-corrected chi connectivity index (χ3v) is 9.83. The molecule has 1 fully saturated rings.